The molecule has 1 aromatic heterocycles. The number of hydrogen-bond donors (Lipinski definition) is 0. The van der Waals surface area contributed by atoms with Crippen molar-refractivity contribution in [2.45, 2.75) is 32.4 Å². The minimum absolute atomic E-state index is 0.135. The Bertz CT molecular complexity index is 576. The van der Waals surface area contributed by atoms with Crippen LogP contribution in [0.25, 0.3) is 0 Å². The Hall–Kier alpha value is -1.68. The van der Waals surface area contributed by atoms with Gasteiger partial charge in [0.05, 0.1) is 6.54 Å². The molecule has 0 radical (unpaired) electrons. The molecule has 1 heterocycles. The standard InChI is InChI=1S/C15H16N2OS/c1-11-4-2-3-5-13(11)15(18)17(12-6-7-12)10-14-16-8-9-19-14/h2-5,8-9,12H,6-7,10H2,1H3. The van der Waals surface area contributed by atoms with Crippen molar-refractivity contribution in [3.8, 4) is 0 Å². The lowest BCUT2D eigenvalue weighted by Crippen LogP contribution is -2.33. The van der Waals surface area contributed by atoms with Gasteiger partial charge in [-0.25, -0.2) is 4.98 Å². The molecule has 4 heteroatoms. The molecule has 0 saturated heterocycles. The topological polar surface area (TPSA) is 33.2 Å². The lowest BCUT2D eigenvalue weighted by atomic mass is 10.1. The zero-order valence-electron chi connectivity index (χ0n) is 10.9. The Morgan fingerprint density at radius 1 is 1.42 bits per heavy atom. The molecular formula is C15H16N2OS. The van der Waals surface area contributed by atoms with E-state index in [4.69, 9.17) is 0 Å². The van der Waals surface area contributed by atoms with Crippen LogP contribution in [0.4, 0.5) is 0 Å². The first-order valence-corrected chi connectivity index (χ1v) is 7.38. The highest BCUT2D eigenvalue weighted by molar-refractivity contribution is 7.09. The van der Waals surface area contributed by atoms with Gasteiger partial charge < -0.3 is 4.90 Å². The van der Waals surface area contributed by atoms with Crippen molar-refractivity contribution in [1.29, 1.82) is 0 Å². The second-order valence-electron chi connectivity index (χ2n) is 4.90. The van der Waals surface area contributed by atoms with Crippen LogP contribution in [0, 0.1) is 6.92 Å². The molecular weight excluding hydrogens is 256 g/mol. The molecule has 1 amide bonds. The number of aryl methyl sites for hydroxylation is 1. The molecule has 0 bridgehead atoms. The summed E-state index contributed by atoms with van der Waals surface area (Å²) in [6.45, 7) is 2.62. The molecule has 0 unspecified atom stereocenters. The lowest BCUT2D eigenvalue weighted by molar-refractivity contribution is 0.0729. The first-order valence-electron chi connectivity index (χ1n) is 6.50. The second kappa shape index (κ2) is 5.13. The Morgan fingerprint density at radius 3 is 2.84 bits per heavy atom. The van der Waals surface area contributed by atoms with E-state index in [1.54, 1.807) is 17.5 Å². The number of hydrogen-bond acceptors (Lipinski definition) is 3. The predicted octanol–water partition coefficient (Wildman–Crippen LogP) is 3.26. The van der Waals surface area contributed by atoms with Gasteiger partial charge in [-0.1, -0.05) is 18.2 Å². The van der Waals surface area contributed by atoms with Gasteiger partial charge in [-0.05, 0) is 31.4 Å². The van der Waals surface area contributed by atoms with Crippen LogP contribution in [-0.4, -0.2) is 21.8 Å². The number of aromatic nitrogens is 1. The van der Waals surface area contributed by atoms with Crippen molar-refractivity contribution in [3.63, 3.8) is 0 Å². The Morgan fingerprint density at radius 2 is 2.21 bits per heavy atom. The van der Waals surface area contributed by atoms with Gasteiger partial charge >= 0.3 is 0 Å². The van der Waals surface area contributed by atoms with Gasteiger partial charge in [0.1, 0.15) is 5.01 Å². The highest BCUT2D eigenvalue weighted by Gasteiger charge is 2.33. The fraction of sp³-hybridized carbons (Fsp3) is 0.333. The number of thiazole rings is 1. The molecule has 1 saturated carbocycles. The monoisotopic (exact) mass is 272 g/mol. The first-order chi connectivity index (χ1) is 9.25. The fourth-order valence-electron chi connectivity index (χ4n) is 2.20. The van der Waals surface area contributed by atoms with Crippen LogP contribution in [0.1, 0.15) is 33.8 Å². The van der Waals surface area contributed by atoms with Crippen LogP contribution >= 0.6 is 11.3 Å². The number of carbonyl (C=O) groups is 1. The molecule has 1 fully saturated rings. The van der Waals surface area contributed by atoms with E-state index < -0.39 is 0 Å². The van der Waals surface area contributed by atoms with Crippen LogP contribution in [0.15, 0.2) is 35.8 Å². The minimum Gasteiger partial charge on any atom is -0.329 e. The molecule has 2 aromatic rings. The zero-order chi connectivity index (χ0) is 13.2. The summed E-state index contributed by atoms with van der Waals surface area (Å²) in [5.41, 5.74) is 1.85. The Labute approximate surface area is 116 Å². The van der Waals surface area contributed by atoms with Crippen molar-refractivity contribution in [1.82, 2.24) is 9.88 Å². The van der Waals surface area contributed by atoms with Crippen molar-refractivity contribution in [2.75, 3.05) is 0 Å². The zero-order valence-corrected chi connectivity index (χ0v) is 11.7. The summed E-state index contributed by atoms with van der Waals surface area (Å²) in [6, 6.07) is 8.19. The lowest BCUT2D eigenvalue weighted by Gasteiger charge is -2.22. The summed E-state index contributed by atoms with van der Waals surface area (Å²) in [5, 5.41) is 2.97. The molecule has 0 aliphatic heterocycles. The maximum absolute atomic E-state index is 12.7. The van der Waals surface area contributed by atoms with E-state index in [9.17, 15) is 4.79 Å². The molecule has 1 aliphatic carbocycles. The SMILES string of the molecule is Cc1ccccc1C(=O)N(Cc1nccs1)C1CC1. The maximum atomic E-state index is 12.7. The van der Waals surface area contributed by atoms with Gasteiger partial charge in [0.2, 0.25) is 0 Å². The number of rotatable bonds is 4. The molecule has 0 atom stereocenters. The summed E-state index contributed by atoms with van der Waals surface area (Å²) in [5.74, 6) is 0.135. The van der Waals surface area contributed by atoms with E-state index in [1.165, 1.54) is 0 Å². The highest BCUT2D eigenvalue weighted by Crippen LogP contribution is 2.30. The van der Waals surface area contributed by atoms with Crippen LogP contribution in [0.3, 0.4) is 0 Å². The minimum atomic E-state index is 0.135. The van der Waals surface area contributed by atoms with Crippen molar-refractivity contribution in [2.24, 2.45) is 0 Å². The van der Waals surface area contributed by atoms with E-state index in [0.29, 0.717) is 12.6 Å². The molecule has 3 rings (SSSR count). The number of carbonyl (C=O) groups excluding carboxylic acids is 1. The summed E-state index contributed by atoms with van der Waals surface area (Å²) < 4.78 is 0. The van der Waals surface area contributed by atoms with E-state index in [-0.39, 0.29) is 5.91 Å². The third kappa shape index (κ3) is 2.68. The molecule has 3 nitrogen and oxygen atoms in total. The fourth-order valence-corrected chi connectivity index (χ4v) is 2.81. The van der Waals surface area contributed by atoms with Crippen molar-refractivity contribution in [3.05, 3.63) is 52.0 Å². The quantitative estimate of drug-likeness (QED) is 0.856. The van der Waals surface area contributed by atoms with Gasteiger partial charge in [-0.3, -0.25) is 4.79 Å². The second-order valence-corrected chi connectivity index (χ2v) is 5.88. The van der Waals surface area contributed by atoms with E-state index in [0.717, 1.165) is 29.0 Å². The Balaban J connectivity index is 1.84. The summed E-state index contributed by atoms with van der Waals surface area (Å²) in [7, 11) is 0. The molecule has 1 aromatic carbocycles. The Kier molecular flexibility index (Phi) is 3.34. The molecule has 0 N–H and O–H groups in total. The number of amides is 1. The summed E-state index contributed by atoms with van der Waals surface area (Å²) in [6.07, 6.45) is 4.02. The van der Waals surface area contributed by atoms with Gasteiger partial charge in [0.25, 0.3) is 5.91 Å². The first kappa shape index (κ1) is 12.4. The van der Waals surface area contributed by atoms with E-state index >= 15 is 0 Å². The summed E-state index contributed by atoms with van der Waals surface area (Å²) >= 11 is 1.61. The predicted molar refractivity (Wildman–Crippen MR) is 76.2 cm³/mol. The third-order valence-corrected chi connectivity index (χ3v) is 4.18. The van der Waals surface area contributed by atoms with Gasteiger partial charge in [0, 0.05) is 23.2 Å². The van der Waals surface area contributed by atoms with E-state index in [2.05, 4.69) is 4.98 Å². The van der Waals surface area contributed by atoms with Crippen molar-refractivity contribution < 1.29 is 4.79 Å². The van der Waals surface area contributed by atoms with Crippen molar-refractivity contribution >= 4 is 17.2 Å². The average Bonchev–Trinajstić information content (AvgIpc) is 3.13. The van der Waals surface area contributed by atoms with Crippen LogP contribution in [0.5, 0.6) is 0 Å². The molecule has 98 valence electrons. The largest absolute Gasteiger partial charge is 0.329 e. The molecule has 19 heavy (non-hydrogen) atoms. The average molecular weight is 272 g/mol. The van der Waals surface area contributed by atoms with Gasteiger partial charge in [-0.2, -0.15) is 0 Å². The number of benzene rings is 1. The van der Waals surface area contributed by atoms with Gasteiger partial charge in [-0.15, -0.1) is 11.3 Å². The molecule has 1 aliphatic rings. The van der Waals surface area contributed by atoms with Crippen LogP contribution in [-0.2, 0) is 6.54 Å². The van der Waals surface area contributed by atoms with E-state index in [1.807, 2.05) is 41.5 Å². The smallest absolute Gasteiger partial charge is 0.254 e. The maximum Gasteiger partial charge on any atom is 0.254 e. The van der Waals surface area contributed by atoms with Gasteiger partial charge in [0.15, 0.2) is 0 Å². The molecule has 0 spiro atoms. The summed E-state index contributed by atoms with van der Waals surface area (Å²) in [4.78, 5) is 18.9. The normalized spacial score (nSPS) is 14.4. The third-order valence-electron chi connectivity index (χ3n) is 3.41. The number of nitrogens with zero attached hydrogens (tertiary/aromatic N) is 2. The highest BCUT2D eigenvalue weighted by atomic mass is 32.1. The van der Waals surface area contributed by atoms with Crippen LogP contribution in [0.2, 0.25) is 0 Å². The van der Waals surface area contributed by atoms with Crippen LogP contribution < -0.4 is 0 Å².